The molecule has 118 valence electrons. The Morgan fingerprint density at radius 3 is 2.64 bits per heavy atom. The molecule has 22 heavy (non-hydrogen) atoms. The molecule has 1 heterocycles. The molecule has 1 aromatic heterocycles. The number of methoxy groups -OCH3 is 1. The Hall–Kier alpha value is -2.02. The van der Waals surface area contributed by atoms with E-state index in [0.29, 0.717) is 12.3 Å². The van der Waals surface area contributed by atoms with Crippen LogP contribution in [0.3, 0.4) is 0 Å². The Morgan fingerprint density at radius 2 is 2.00 bits per heavy atom. The normalized spacial score (nSPS) is 10.5. The first-order valence-electron chi connectivity index (χ1n) is 6.73. The van der Waals surface area contributed by atoms with E-state index in [9.17, 15) is 9.59 Å². The van der Waals surface area contributed by atoms with Crippen molar-refractivity contribution in [2.24, 2.45) is 7.05 Å². The van der Waals surface area contributed by atoms with Crippen LogP contribution in [0.15, 0.2) is 38.5 Å². The third kappa shape index (κ3) is 3.24. The summed E-state index contributed by atoms with van der Waals surface area (Å²) in [7, 11) is 3.02. The fraction of sp³-hybridized carbons (Fsp3) is 0.333. The number of hydrogen-bond acceptors (Lipinski definition) is 4. The molecule has 0 N–H and O–H groups in total. The van der Waals surface area contributed by atoms with Gasteiger partial charge in [-0.2, -0.15) is 0 Å². The summed E-state index contributed by atoms with van der Waals surface area (Å²) in [5.41, 5.74) is 0.0341. The van der Waals surface area contributed by atoms with E-state index in [2.05, 4.69) is 15.9 Å². The zero-order valence-corrected chi connectivity index (χ0v) is 14.2. The maximum atomic E-state index is 12.1. The van der Waals surface area contributed by atoms with Crippen LogP contribution in [-0.4, -0.2) is 16.2 Å². The molecule has 7 heteroatoms. The molecule has 0 aliphatic rings. The SMILES string of the molecule is CCn1cc(OCc2cc(OC)ccc2Br)c(=O)n(C)c1=O. The van der Waals surface area contributed by atoms with Gasteiger partial charge in [0.05, 0.1) is 13.3 Å². The summed E-state index contributed by atoms with van der Waals surface area (Å²) in [5, 5.41) is 0. The predicted molar refractivity (Wildman–Crippen MR) is 86.6 cm³/mol. The highest BCUT2D eigenvalue weighted by molar-refractivity contribution is 9.10. The van der Waals surface area contributed by atoms with Crippen LogP contribution in [0.2, 0.25) is 0 Å². The summed E-state index contributed by atoms with van der Waals surface area (Å²) in [6.45, 7) is 2.48. The first-order chi connectivity index (χ1) is 10.5. The summed E-state index contributed by atoms with van der Waals surface area (Å²) >= 11 is 3.43. The van der Waals surface area contributed by atoms with Crippen molar-refractivity contribution in [2.75, 3.05) is 7.11 Å². The van der Waals surface area contributed by atoms with Crippen molar-refractivity contribution in [2.45, 2.75) is 20.1 Å². The highest BCUT2D eigenvalue weighted by Gasteiger charge is 2.10. The van der Waals surface area contributed by atoms with Gasteiger partial charge in [0.25, 0.3) is 5.56 Å². The highest BCUT2D eigenvalue weighted by Crippen LogP contribution is 2.23. The molecule has 2 rings (SSSR count). The quantitative estimate of drug-likeness (QED) is 0.808. The highest BCUT2D eigenvalue weighted by atomic mass is 79.9. The van der Waals surface area contributed by atoms with E-state index in [1.165, 1.54) is 17.8 Å². The molecule has 0 spiro atoms. The molecule has 0 saturated heterocycles. The fourth-order valence-corrected chi connectivity index (χ4v) is 2.33. The maximum Gasteiger partial charge on any atom is 0.330 e. The maximum absolute atomic E-state index is 12.1. The van der Waals surface area contributed by atoms with E-state index in [0.717, 1.165) is 14.6 Å². The van der Waals surface area contributed by atoms with Crippen LogP contribution in [0, 0.1) is 0 Å². The minimum absolute atomic E-state index is 0.138. The smallest absolute Gasteiger partial charge is 0.330 e. The summed E-state index contributed by atoms with van der Waals surface area (Å²) < 4.78 is 14.1. The van der Waals surface area contributed by atoms with Gasteiger partial charge in [-0.05, 0) is 25.1 Å². The van der Waals surface area contributed by atoms with Crippen LogP contribution in [0.5, 0.6) is 11.5 Å². The molecule has 0 saturated carbocycles. The summed E-state index contributed by atoms with van der Waals surface area (Å²) in [6, 6.07) is 5.50. The van der Waals surface area contributed by atoms with Crippen molar-refractivity contribution in [1.29, 1.82) is 0 Å². The second kappa shape index (κ2) is 6.83. The van der Waals surface area contributed by atoms with Gasteiger partial charge in [0.2, 0.25) is 5.75 Å². The van der Waals surface area contributed by atoms with Crippen molar-refractivity contribution in [3.05, 3.63) is 55.3 Å². The lowest BCUT2D eigenvalue weighted by Gasteiger charge is -2.11. The number of halogens is 1. The van der Waals surface area contributed by atoms with Crippen molar-refractivity contribution in [3.63, 3.8) is 0 Å². The minimum Gasteiger partial charge on any atom is -0.497 e. The topological polar surface area (TPSA) is 62.5 Å². The van der Waals surface area contributed by atoms with E-state index < -0.39 is 5.56 Å². The molecule has 0 atom stereocenters. The molecule has 0 aliphatic heterocycles. The standard InChI is InChI=1S/C15H17BrN2O4/c1-4-18-8-13(14(19)17(2)15(18)20)22-9-10-7-11(21-3)5-6-12(10)16/h5-8H,4,9H2,1-3H3. The van der Waals surface area contributed by atoms with Crippen molar-refractivity contribution in [1.82, 2.24) is 9.13 Å². The van der Waals surface area contributed by atoms with Crippen LogP contribution in [0.1, 0.15) is 12.5 Å². The molecule has 0 unspecified atom stereocenters. The number of ether oxygens (including phenoxy) is 2. The van der Waals surface area contributed by atoms with E-state index in [1.807, 2.05) is 25.1 Å². The Bertz CT molecular complexity index is 795. The average molecular weight is 369 g/mol. The van der Waals surface area contributed by atoms with E-state index in [-0.39, 0.29) is 18.0 Å². The van der Waals surface area contributed by atoms with E-state index in [1.54, 1.807) is 7.11 Å². The van der Waals surface area contributed by atoms with Crippen LogP contribution in [-0.2, 0) is 20.2 Å². The number of hydrogen-bond donors (Lipinski definition) is 0. The van der Waals surface area contributed by atoms with Gasteiger partial charge >= 0.3 is 5.69 Å². The zero-order valence-electron chi connectivity index (χ0n) is 12.6. The molecule has 1 aromatic carbocycles. The lowest BCUT2D eigenvalue weighted by Crippen LogP contribution is -2.37. The summed E-state index contributed by atoms with van der Waals surface area (Å²) in [5.74, 6) is 0.840. The lowest BCUT2D eigenvalue weighted by molar-refractivity contribution is 0.292. The lowest BCUT2D eigenvalue weighted by atomic mass is 10.2. The third-order valence-corrected chi connectivity index (χ3v) is 4.07. The third-order valence-electron chi connectivity index (χ3n) is 3.30. The second-order valence-corrected chi connectivity index (χ2v) is 5.53. The number of aryl methyl sites for hydroxylation is 1. The van der Waals surface area contributed by atoms with Crippen LogP contribution in [0.4, 0.5) is 0 Å². The molecule has 6 nitrogen and oxygen atoms in total. The number of nitrogens with zero attached hydrogens (tertiary/aromatic N) is 2. The number of aromatic nitrogens is 2. The van der Waals surface area contributed by atoms with Crippen LogP contribution >= 0.6 is 15.9 Å². The predicted octanol–water partition coefficient (Wildman–Crippen LogP) is 1.92. The van der Waals surface area contributed by atoms with Gasteiger partial charge in [-0.15, -0.1) is 0 Å². The summed E-state index contributed by atoms with van der Waals surface area (Å²) in [6.07, 6.45) is 1.44. The first kappa shape index (κ1) is 16.4. The van der Waals surface area contributed by atoms with Gasteiger partial charge in [0, 0.05) is 23.6 Å². The van der Waals surface area contributed by atoms with Gasteiger partial charge < -0.3 is 9.47 Å². The number of benzene rings is 1. The van der Waals surface area contributed by atoms with Crippen molar-refractivity contribution in [3.8, 4) is 11.5 Å². The molecule has 0 fully saturated rings. The summed E-state index contributed by atoms with van der Waals surface area (Å²) in [4.78, 5) is 23.9. The van der Waals surface area contributed by atoms with Gasteiger partial charge in [-0.1, -0.05) is 15.9 Å². The Kier molecular flexibility index (Phi) is 5.07. The Morgan fingerprint density at radius 1 is 1.27 bits per heavy atom. The Balaban J connectivity index is 2.31. The molecule has 0 radical (unpaired) electrons. The molecule has 0 bridgehead atoms. The van der Waals surface area contributed by atoms with Gasteiger partial charge in [-0.3, -0.25) is 13.9 Å². The minimum atomic E-state index is -0.450. The fourth-order valence-electron chi connectivity index (χ4n) is 1.97. The van der Waals surface area contributed by atoms with Gasteiger partial charge in [0.15, 0.2) is 0 Å². The molecular weight excluding hydrogens is 352 g/mol. The van der Waals surface area contributed by atoms with Crippen LogP contribution in [0.25, 0.3) is 0 Å². The van der Waals surface area contributed by atoms with Gasteiger partial charge in [-0.25, -0.2) is 4.79 Å². The molecule has 0 aliphatic carbocycles. The molecular formula is C15H17BrN2O4. The average Bonchev–Trinajstić information content (AvgIpc) is 2.53. The number of rotatable bonds is 5. The van der Waals surface area contributed by atoms with E-state index in [4.69, 9.17) is 9.47 Å². The zero-order chi connectivity index (χ0) is 16.3. The van der Waals surface area contributed by atoms with E-state index >= 15 is 0 Å². The van der Waals surface area contributed by atoms with Gasteiger partial charge in [0.1, 0.15) is 12.4 Å². The van der Waals surface area contributed by atoms with Crippen molar-refractivity contribution < 1.29 is 9.47 Å². The first-order valence-corrected chi connectivity index (χ1v) is 7.53. The van der Waals surface area contributed by atoms with Crippen LogP contribution < -0.4 is 20.7 Å². The van der Waals surface area contributed by atoms with Crippen molar-refractivity contribution >= 4 is 15.9 Å². The largest absolute Gasteiger partial charge is 0.497 e. The molecule has 2 aromatic rings. The Labute approximate surface area is 136 Å². The monoisotopic (exact) mass is 368 g/mol. The second-order valence-electron chi connectivity index (χ2n) is 4.67. The molecule has 0 amide bonds.